The van der Waals surface area contributed by atoms with Gasteiger partial charge < -0.3 is 10.5 Å². The van der Waals surface area contributed by atoms with Crippen molar-refractivity contribution < 1.29 is 9.66 Å². The van der Waals surface area contributed by atoms with E-state index < -0.39 is 4.92 Å². The number of nitro benzene ring substituents is 1. The van der Waals surface area contributed by atoms with Crippen LogP contribution in [-0.4, -0.2) is 4.92 Å². The zero-order chi connectivity index (χ0) is 13.8. The molecular formula is C14H15ClN2O3. The molecule has 0 saturated carbocycles. The maximum absolute atomic E-state index is 10.5. The number of hydrogen-bond donors (Lipinski definition) is 1. The molecule has 0 bridgehead atoms. The first-order valence-electron chi connectivity index (χ1n) is 5.84. The van der Waals surface area contributed by atoms with Crippen molar-refractivity contribution in [3.05, 3.63) is 64.2 Å². The van der Waals surface area contributed by atoms with E-state index in [1.165, 1.54) is 12.1 Å². The molecule has 0 aliphatic carbocycles. The Hall–Kier alpha value is -2.11. The minimum atomic E-state index is -0.443. The molecule has 1 atom stereocenters. The first-order valence-corrected chi connectivity index (χ1v) is 5.84. The zero-order valence-electron chi connectivity index (χ0n) is 10.9. The first kappa shape index (κ1) is 15.9. The second-order valence-corrected chi connectivity index (χ2v) is 4.21. The predicted octanol–water partition coefficient (Wildman–Crippen LogP) is 3.83. The third kappa shape index (κ3) is 3.94. The van der Waals surface area contributed by atoms with Crippen LogP contribution in [0.2, 0.25) is 0 Å². The van der Waals surface area contributed by atoms with Crippen LogP contribution in [0.15, 0.2) is 48.5 Å². The molecule has 0 fully saturated rings. The Bertz CT molecular complexity index is 568. The summed E-state index contributed by atoms with van der Waals surface area (Å²) in [7, 11) is 0. The van der Waals surface area contributed by atoms with E-state index in [0.717, 1.165) is 5.56 Å². The average Bonchev–Trinajstić information content (AvgIpc) is 2.40. The first-order chi connectivity index (χ1) is 9.06. The van der Waals surface area contributed by atoms with E-state index in [9.17, 15) is 10.1 Å². The number of hydrogen-bond acceptors (Lipinski definition) is 4. The molecule has 0 radical (unpaired) electrons. The molecule has 106 valence electrons. The topological polar surface area (TPSA) is 78.4 Å². The molecular weight excluding hydrogens is 280 g/mol. The summed E-state index contributed by atoms with van der Waals surface area (Å²) in [6.07, 6.45) is 0. The third-order valence-electron chi connectivity index (χ3n) is 2.69. The lowest BCUT2D eigenvalue weighted by molar-refractivity contribution is -0.384. The smallest absolute Gasteiger partial charge is 0.269 e. The number of rotatable bonds is 4. The van der Waals surface area contributed by atoms with E-state index in [1.807, 2.05) is 31.2 Å². The fourth-order valence-electron chi connectivity index (χ4n) is 1.61. The van der Waals surface area contributed by atoms with E-state index in [4.69, 9.17) is 10.5 Å². The summed E-state index contributed by atoms with van der Waals surface area (Å²) in [6, 6.07) is 13.4. The maximum Gasteiger partial charge on any atom is 0.269 e. The highest BCUT2D eigenvalue weighted by atomic mass is 35.5. The van der Waals surface area contributed by atoms with Gasteiger partial charge in [0, 0.05) is 18.2 Å². The van der Waals surface area contributed by atoms with Crippen LogP contribution in [0.5, 0.6) is 11.5 Å². The summed E-state index contributed by atoms with van der Waals surface area (Å²) in [4.78, 5) is 10.1. The molecule has 2 N–H and O–H groups in total. The predicted molar refractivity (Wildman–Crippen MR) is 79.5 cm³/mol. The van der Waals surface area contributed by atoms with Crippen LogP contribution in [0, 0.1) is 10.1 Å². The molecule has 2 rings (SSSR count). The molecule has 6 heteroatoms. The van der Waals surface area contributed by atoms with E-state index in [0.29, 0.717) is 11.5 Å². The lowest BCUT2D eigenvalue weighted by Crippen LogP contribution is -2.04. The van der Waals surface area contributed by atoms with Crippen LogP contribution in [0.4, 0.5) is 5.69 Å². The Morgan fingerprint density at radius 3 is 1.90 bits per heavy atom. The van der Waals surface area contributed by atoms with Gasteiger partial charge in [0.05, 0.1) is 4.92 Å². The molecule has 2 aromatic carbocycles. The van der Waals surface area contributed by atoms with Gasteiger partial charge >= 0.3 is 0 Å². The highest BCUT2D eigenvalue weighted by Gasteiger charge is 2.05. The van der Waals surface area contributed by atoms with Gasteiger partial charge in [0.15, 0.2) is 0 Å². The van der Waals surface area contributed by atoms with Crippen molar-refractivity contribution >= 4 is 18.1 Å². The molecule has 0 saturated heterocycles. The summed E-state index contributed by atoms with van der Waals surface area (Å²) >= 11 is 0. The van der Waals surface area contributed by atoms with Crippen LogP contribution in [-0.2, 0) is 0 Å². The van der Waals surface area contributed by atoms with E-state index >= 15 is 0 Å². The van der Waals surface area contributed by atoms with Crippen molar-refractivity contribution in [3.8, 4) is 11.5 Å². The van der Waals surface area contributed by atoms with Crippen molar-refractivity contribution in [2.45, 2.75) is 13.0 Å². The molecule has 5 nitrogen and oxygen atoms in total. The quantitative estimate of drug-likeness (QED) is 0.686. The number of ether oxygens (including phenoxy) is 1. The van der Waals surface area contributed by atoms with E-state index in [-0.39, 0.29) is 24.1 Å². The molecule has 2 aromatic rings. The van der Waals surface area contributed by atoms with Gasteiger partial charge in [-0.2, -0.15) is 0 Å². The Morgan fingerprint density at radius 1 is 1.05 bits per heavy atom. The van der Waals surface area contributed by atoms with Gasteiger partial charge in [-0.3, -0.25) is 10.1 Å². The Morgan fingerprint density at radius 2 is 1.50 bits per heavy atom. The third-order valence-corrected chi connectivity index (χ3v) is 2.69. The van der Waals surface area contributed by atoms with Crippen molar-refractivity contribution in [1.82, 2.24) is 0 Å². The summed E-state index contributed by atoms with van der Waals surface area (Å²) in [5, 5.41) is 10.5. The number of nitrogens with two attached hydrogens (primary N) is 1. The van der Waals surface area contributed by atoms with Crippen molar-refractivity contribution in [2.24, 2.45) is 5.73 Å². The number of nitrogens with zero attached hydrogens (tertiary/aromatic N) is 1. The summed E-state index contributed by atoms with van der Waals surface area (Å²) in [5.74, 6) is 1.22. The lowest BCUT2D eigenvalue weighted by atomic mass is 10.1. The second-order valence-electron chi connectivity index (χ2n) is 4.21. The van der Waals surface area contributed by atoms with Gasteiger partial charge in [-0.15, -0.1) is 12.4 Å². The molecule has 0 aliphatic rings. The summed E-state index contributed by atoms with van der Waals surface area (Å²) in [6.45, 7) is 1.91. The van der Waals surface area contributed by atoms with Gasteiger partial charge in [0.2, 0.25) is 0 Å². The normalized spacial score (nSPS) is 11.3. The molecule has 1 unspecified atom stereocenters. The lowest BCUT2D eigenvalue weighted by Gasteiger charge is -2.08. The fourth-order valence-corrected chi connectivity index (χ4v) is 1.61. The molecule has 20 heavy (non-hydrogen) atoms. The van der Waals surface area contributed by atoms with Crippen molar-refractivity contribution in [3.63, 3.8) is 0 Å². The zero-order valence-corrected chi connectivity index (χ0v) is 11.7. The van der Waals surface area contributed by atoms with Gasteiger partial charge in [-0.05, 0) is 36.8 Å². The molecule has 0 amide bonds. The summed E-state index contributed by atoms with van der Waals surface area (Å²) in [5.41, 5.74) is 6.82. The van der Waals surface area contributed by atoms with Crippen molar-refractivity contribution in [2.75, 3.05) is 0 Å². The van der Waals surface area contributed by atoms with Gasteiger partial charge in [0.1, 0.15) is 11.5 Å². The highest BCUT2D eigenvalue weighted by Crippen LogP contribution is 2.24. The van der Waals surface area contributed by atoms with Crippen LogP contribution >= 0.6 is 12.4 Å². The maximum atomic E-state index is 10.5. The minimum absolute atomic E-state index is 0. The monoisotopic (exact) mass is 294 g/mol. The van der Waals surface area contributed by atoms with E-state index in [2.05, 4.69) is 0 Å². The molecule has 0 spiro atoms. The second kappa shape index (κ2) is 6.88. The van der Waals surface area contributed by atoms with Crippen molar-refractivity contribution in [1.29, 1.82) is 0 Å². The SMILES string of the molecule is CC(N)c1ccc(Oc2ccc([N+](=O)[O-])cc2)cc1.Cl. The van der Waals surface area contributed by atoms with E-state index in [1.54, 1.807) is 12.1 Å². The number of halogens is 1. The highest BCUT2D eigenvalue weighted by molar-refractivity contribution is 5.85. The van der Waals surface area contributed by atoms with Crippen LogP contribution in [0.3, 0.4) is 0 Å². The standard InChI is InChI=1S/C14H14N2O3.ClH/c1-10(15)11-2-6-13(7-3-11)19-14-8-4-12(5-9-14)16(17)18;/h2-10H,15H2,1H3;1H. The average molecular weight is 295 g/mol. The Kier molecular flexibility index (Phi) is 5.49. The Balaban J connectivity index is 0.00000200. The van der Waals surface area contributed by atoms with Gasteiger partial charge in [-0.25, -0.2) is 0 Å². The number of nitro groups is 1. The van der Waals surface area contributed by atoms with Gasteiger partial charge in [-0.1, -0.05) is 12.1 Å². The molecule has 0 aromatic heterocycles. The summed E-state index contributed by atoms with van der Waals surface area (Å²) < 4.78 is 5.58. The minimum Gasteiger partial charge on any atom is -0.457 e. The molecule has 0 heterocycles. The van der Waals surface area contributed by atoms with Crippen LogP contribution < -0.4 is 10.5 Å². The van der Waals surface area contributed by atoms with Gasteiger partial charge in [0.25, 0.3) is 5.69 Å². The fraction of sp³-hybridized carbons (Fsp3) is 0.143. The largest absolute Gasteiger partial charge is 0.457 e. The van der Waals surface area contributed by atoms with Crippen LogP contribution in [0.25, 0.3) is 0 Å². The number of benzene rings is 2. The Labute approximate surface area is 122 Å². The van der Waals surface area contributed by atoms with Crippen LogP contribution in [0.1, 0.15) is 18.5 Å². The molecule has 0 aliphatic heterocycles. The number of non-ortho nitro benzene ring substituents is 1.